The van der Waals surface area contributed by atoms with Crippen LogP contribution in [0.2, 0.25) is 0 Å². The lowest BCUT2D eigenvalue weighted by atomic mass is 10.1. The zero-order chi connectivity index (χ0) is 21.1. The lowest BCUT2D eigenvalue weighted by molar-refractivity contribution is -0.116. The number of nitrogens with one attached hydrogen (secondary N) is 1. The number of benzene rings is 2. The molecular weight excluding hydrogens is 394 g/mol. The van der Waals surface area contributed by atoms with Crippen LogP contribution in [-0.2, 0) is 4.79 Å². The first-order chi connectivity index (χ1) is 14.7. The molecule has 0 unspecified atom stereocenters. The summed E-state index contributed by atoms with van der Waals surface area (Å²) in [5.74, 6) is 0.773. The number of nitrogens with zero attached hydrogens (tertiary/aromatic N) is 4. The van der Waals surface area contributed by atoms with Crippen LogP contribution in [0.4, 0.5) is 5.69 Å². The summed E-state index contributed by atoms with van der Waals surface area (Å²) in [5.41, 5.74) is 2.75. The van der Waals surface area contributed by atoms with Gasteiger partial charge in [0, 0.05) is 29.7 Å². The third-order valence-electron chi connectivity index (χ3n) is 5.28. The minimum absolute atomic E-state index is 0.129. The molecule has 30 heavy (non-hydrogen) atoms. The number of thioether (sulfide) groups is 1. The van der Waals surface area contributed by atoms with Crippen LogP contribution in [0.25, 0.3) is 5.70 Å². The van der Waals surface area contributed by atoms with Gasteiger partial charge in [-0.05, 0) is 44.0 Å². The number of para-hydroxylation sites is 1. The van der Waals surface area contributed by atoms with Gasteiger partial charge in [-0.2, -0.15) is 0 Å². The van der Waals surface area contributed by atoms with Gasteiger partial charge < -0.3 is 4.90 Å². The molecule has 0 aliphatic carbocycles. The van der Waals surface area contributed by atoms with Gasteiger partial charge in [-0.25, -0.2) is 5.01 Å². The van der Waals surface area contributed by atoms with Crippen LogP contribution in [-0.4, -0.2) is 34.9 Å². The van der Waals surface area contributed by atoms with Gasteiger partial charge in [0.25, 0.3) is 5.91 Å². The Hall–Kier alpha value is -2.80. The fourth-order valence-corrected chi connectivity index (χ4v) is 4.46. The van der Waals surface area contributed by atoms with Gasteiger partial charge in [-0.15, -0.1) is 5.10 Å². The van der Waals surface area contributed by atoms with Crippen molar-refractivity contribution in [3.63, 3.8) is 0 Å². The van der Waals surface area contributed by atoms with E-state index in [1.54, 1.807) is 16.8 Å². The predicted molar refractivity (Wildman–Crippen MR) is 124 cm³/mol. The second-order valence-corrected chi connectivity index (χ2v) is 8.27. The zero-order valence-electron chi connectivity index (χ0n) is 17.6. The molecule has 0 aromatic heterocycles. The first-order valence-corrected chi connectivity index (χ1v) is 11.5. The summed E-state index contributed by atoms with van der Waals surface area (Å²) >= 11 is 1.56. The average Bonchev–Trinajstić information content (AvgIpc) is 2.78. The molecule has 156 valence electrons. The van der Waals surface area contributed by atoms with Crippen LogP contribution in [0.1, 0.15) is 38.9 Å². The second-order valence-electron chi connectivity index (χ2n) is 7.18. The van der Waals surface area contributed by atoms with Crippen molar-refractivity contribution in [1.29, 1.82) is 0 Å². The Kier molecular flexibility index (Phi) is 6.08. The summed E-state index contributed by atoms with van der Waals surface area (Å²) in [7, 11) is 0. The van der Waals surface area contributed by atoms with Crippen molar-refractivity contribution < 1.29 is 4.79 Å². The number of hydrazone groups is 1. The number of amidine groups is 1. The largest absolute Gasteiger partial charge is 0.372 e. The average molecular weight is 422 g/mol. The molecule has 2 aromatic rings. The monoisotopic (exact) mass is 421 g/mol. The van der Waals surface area contributed by atoms with Gasteiger partial charge in [0.05, 0.1) is 5.36 Å². The maximum Gasteiger partial charge on any atom is 0.276 e. The molecule has 0 radical (unpaired) electrons. The molecular formula is C23H27N5OS. The van der Waals surface area contributed by atoms with Crippen molar-refractivity contribution in [2.75, 3.05) is 23.7 Å². The van der Waals surface area contributed by atoms with E-state index in [1.807, 2.05) is 24.3 Å². The smallest absolute Gasteiger partial charge is 0.276 e. The van der Waals surface area contributed by atoms with E-state index in [9.17, 15) is 4.79 Å². The third-order valence-corrected chi connectivity index (χ3v) is 6.35. The molecule has 0 bridgehead atoms. The van der Waals surface area contributed by atoms with Crippen molar-refractivity contribution in [3.8, 4) is 0 Å². The van der Waals surface area contributed by atoms with Crippen molar-refractivity contribution in [3.05, 3.63) is 64.7 Å². The van der Waals surface area contributed by atoms with E-state index >= 15 is 0 Å². The quantitative estimate of drug-likeness (QED) is 0.779. The maximum atomic E-state index is 13.0. The minimum atomic E-state index is -0.371. The number of carbonyl (C=O) groups excluding carboxylic acids is 1. The Morgan fingerprint density at radius 1 is 1.07 bits per heavy atom. The highest BCUT2D eigenvalue weighted by atomic mass is 32.2. The van der Waals surface area contributed by atoms with E-state index in [0.717, 1.165) is 41.4 Å². The molecule has 1 amide bonds. The van der Waals surface area contributed by atoms with Crippen LogP contribution in [0.3, 0.4) is 0 Å². The molecule has 7 heteroatoms. The lowest BCUT2D eigenvalue weighted by Crippen LogP contribution is -2.50. The summed E-state index contributed by atoms with van der Waals surface area (Å²) in [6, 6.07) is 16.2. The van der Waals surface area contributed by atoms with Crippen LogP contribution >= 0.6 is 11.8 Å². The minimum Gasteiger partial charge on any atom is -0.372 e. The van der Waals surface area contributed by atoms with Gasteiger partial charge in [0.1, 0.15) is 5.70 Å². The van der Waals surface area contributed by atoms with Crippen molar-refractivity contribution >= 4 is 34.2 Å². The van der Waals surface area contributed by atoms with Crippen LogP contribution in [0, 0.1) is 0 Å². The fraction of sp³-hybridized carbons (Fsp3) is 0.348. The number of hydrogen-bond acceptors (Lipinski definition) is 6. The first kappa shape index (κ1) is 20.5. The third kappa shape index (κ3) is 3.81. The normalized spacial score (nSPS) is 17.5. The molecule has 6 nitrogen and oxygen atoms in total. The molecule has 4 rings (SSSR count). The molecule has 1 N–H and O–H groups in total. The Labute approximate surface area is 181 Å². The van der Waals surface area contributed by atoms with Crippen LogP contribution < -0.4 is 20.8 Å². The van der Waals surface area contributed by atoms with E-state index in [2.05, 4.69) is 55.3 Å². The summed E-state index contributed by atoms with van der Waals surface area (Å²) in [5, 5.41) is 11.8. The van der Waals surface area contributed by atoms with Gasteiger partial charge in [0.2, 0.25) is 0 Å². The maximum absolute atomic E-state index is 13.0. The van der Waals surface area contributed by atoms with Gasteiger partial charge >= 0.3 is 0 Å². The number of rotatable bonds is 6. The Bertz CT molecular complexity index is 1080. The standard InChI is InChI=1S/C23H27N5OS/c1-4-15-30-23-25-22(29)20-18-9-7-8-10-19(18)24-21(28(20)26-23)16-11-13-17(14-12-16)27(5-2)6-3/h7-14,21H,4-6,15H2,1-3H3,(H,25,26,29)/t21-/m0/s1. The van der Waals surface area contributed by atoms with Crippen LogP contribution in [0.15, 0.2) is 58.6 Å². The highest BCUT2D eigenvalue weighted by molar-refractivity contribution is 8.13. The second kappa shape index (κ2) is 8.92. The number of amides is 1. The number of hydrogen-bond donors (Lipinski definition) is 1. The van der Waals surface area contributed by atoms with E-state index in [1.165, 1.54) is 5.69 Å². The predicted octanol–water partition coefficient (Wildman–Crippen LogP) is 2.82. The Balaban J connectivity index is 1.79. The first-order valence-electron chi connectivity index (χ1n) is 10.5. The summed E-state index contributed by atoms with van der Waals surface area (Å²) in [6.07, 6.45) is 0.642. The molecule has 2 aromatic carbocycles. The Morgan fingerprint density at radius 2 is 1.80 bits per heavy atom. The van der Waals surface area contributed by atoms with Crippen molar-refractivity contribution in [2.24, 2.45) is 10.1 Å². The van der Waals surface area contributed by atoms with Gasteiger partial charge in [-0.1, -0.05) is 49.0 Å². The number of carbonyl (C=O) groups is 1. The highest BCUT2D eigenvalue weighted by Gasteiger charge is 2.34. The molecule has 0 spiro atoms. The van der Waals surface area contributed by atoms with Crippen molar-refractivity contribution in [2.45, 2.75) is 33.4 Å². The van der Waals surface area contributed by atoms with Gasteiger partial charge in [0.15, 0.2) is 11.3 Å². The van der Waals surface area contributed by atoms with Crippen LogP contribution in [0.5, 0.6) is 0 Å². The van der Waals surface area contributed by atoms with E-state index in [0.29, 0.717) is 10.9 Å². The Morgan fingerprint density at radius 3 is 2.50 bits per heavy atom. The fourth-order valence-electron chi connectivity index (χ4n) is 3.75. The topological polar surface area (TPSA) is 60.3 Å². The highest BCUT2D eigenvalue weighted by Crippen LogP contribution is 2.31. The lowest BCUT2D eigenvalue weighted by Gasteiger charge is -2.34. The molecule has 0 fully saturated rings. The molecule has 2 aliphatic heterocycles. The molecule has 1 atom stereocenters. The molecule has 2 heterocycles. The van der Waals surface area contributed by atoms with Gasteiger partial charge in [-0.3, -0.25) is 15.1 Å². The van der Waals surface area contributed by atoms with E-state index in [-0.39, 0.29) is 12.1 Å². The summed E-state index contributed by atoms with van der Waals surface area (Å²) in [6.45, 7) is 8.35. The summed E-state index contributed by atoms with van der Waals surface area (Å²) < 4.78 is 0. The summed E-state index contributed by atoms with van der Waals surface area (Å²) in [4.78, 5) is 20.3. The molecule has 0 saturated carbocycles. The van der Waals surface area contributed by atoms with Crippen molar-refractivity contribution in [1.82, 2.24) is 10.3 Å². The zero-order valence-corrected chi connectivity index (χ0v) is 18.4. The molecule has 2 aliphatic rings. The molecule has 0 saturated heterocycles. The van der Waals surface area contributed by atoms with E-state index in [4.69, 9.17) is 10.1 Å². The SMILES string of the molecule is CCCSC1=NN2C(=c3ccccc3=N[C@@H]2c2ccc(N(CC)CC)cc2)C(=O)N1. The van der Waals surface area contributed by atoms with E-state index < -0.39 is 0 Å². The number of anilines is 1. The number of fused-ring (bicyclic) bond motifs is 2.